The highest BCUT2D eigenvalue weighted by molar-refractivity contribution is 7.89. The van der Waals surface area contributed by atoms with E-state index >= 15 is 0 Å². The summed E-state index contributed by atoms with van der Waals surface area (Å²) in [7, 11) is -3.72. The molecule has 0 aliphatic rings. The number of carbonyl (C=O) groups is 3. The highest BCUT2D eigenvalue weighted by atomic mass is 32.2. The van der Waals surface area contributed by atoms with Gasteiger partial charge in [0, 0.05) is 12.3 Å². The van der Waals surface area contributed by atoms with Crippen LogP contribution in [0, 0.1) is 0 Å². The molecule has 0 saturated carbocycles. The number of carboxylic acids is 2. The van der Waals surface area contributed by atoms with E-state index < -0.39 is 22.0 Å². The lowest BCUT2D eigenvalue weighted by Gasteiger charge is -2.06. The van der Waals surface area contributed by atoms with Gasteiger partial charge in [0.05, 0.1) is 11.4 Å². The van der Waals surface area contributed by atoms with Gasteiger partial charge in [-0.05, 0) is 37.2 Å². The van der Waals surface area contributed by atoms with E-state index in [1.165, 1.54) is 24.3 Å². The molecular weight excluding hydrogens is 358 g/mol. The number of hydrogen-bond donors (Lipinski definition) is 6. The van der Waals surface area contributed by atoms with Crippen molar-refractivity contribution >= 4 is 33.6 Å². The van der Waals surface area contributed by atoms with Gasteiger partial charge in [-0.3, -0.25) is 4.79 Å². The second-order valence-electron chi connectivity index (χ2n) is 4.48. The summed E-state index contributed by atoms with van der Waals surface area (Å²) in [5.74, 6) is -3.90. The molecule has 1 aromatic rings. The van der Waals surface area contributed by atoms with Gasteiger partial charge in [-0.25, -0.2) is 23.1 Å². The van der Waals surface area contributed by atoms with Gasteiger partial charge in [0.2, 0.25) is 15.9 Å². The van der Waals surface area contributed by atoms with E-state index in [1.54, 1.807) is 0 Å². The summed E-state index contributed by atoms with van der Waals surface area (Å²) < 4.78 is 22.1. The maximum atomic E-state index is 11.5. The maximum absolute atomic E-state index is 11.5. The molecule has 0 aliphatic carbocycles. The van der Waals surface area contributed by atoms with Gasteiger partial charge < -0.3 is 26.0 Å². The summed E-state index contributed by atoms with van der Waals surface area (Å²) in [6.07, 6.45) is 0.580. The van der Waals surface area contributed by atoms with Crippen LogP contribution < -0.4 is 15.8 Å². The molecule has 0 fully saturated rings. The van der Waals surface area contributed by atoms with Crippen LogP contribution in [0.25, 0.3) is 0 Å². The summed E-state index contributed by atoms with van der Waals surface area (Å²) in [4.78, 5) is 29.7. The van der Waals surface area contributed by atoms with Gasteiger partial charge in [-0.15, -0.1) is 0 Å². The smallest absolute Gasteiger partial charge is 0.414 e. The van der Waals surface area contributed by atoms with E-state index in [0.29, 0.717) is 18.7 Å². The molecule has 0 unspecified atom stereocenters. The number of carbonyl (C=O) groups excluding carboxylic acids is 1. The average molecular weight is 377 g/mol. The average Bonchev–Trinajstić information content (AvgIpc) is 2.52. The Balaban J connectivity index is 0.000000823. The minimum Gasteiger partial charge on any atom is -0.473 e. The van der Waals surface area contributed by atoms with E-state index in [-0.39, 0.29) is 24.0 Å². The van der Waals surface area contributed by atoms with Crippen molar-refractivity contribution in [2.75, 3.05) is 25.0 Å². The molecule has 1 amide bonds. The number of aliphatic carboxylic acids is 2. The fraction of sp³-hybridized carbons (Fsp3) is 0.308. The quantitative estimate of drug-likeness (QED) is 0.239. The van der Waals surface area contributed by atoms with Crippen LogP contribution in [0.2, 0.25) is 0 Å². The van der Waals surface area contributed by atoms with Gasteiger partial charge >= 0.3 is 11.9 Å². The number of aliphatic hydroxyl groups is 1. The fourth-order valence-corrected chi connectivity index (χ4v) is 1.85. The van der Waals surface area contributed by atoms with E-state index in [4.69, 9.17) is 30.0 Å². The first-order chi connectivity index (χ1) is 11.6. The summed E-state index contributed by atoms with van der Waals surface area (Å²) in [6.45, 7) is 0.745. The molecule has 25 heavy (non-hydrogen) atoms. The Bertz CT molecular complexity index is 676. The first-order valence-corrected chi connectivity index (χ1v) is 8.33. The van der Waals surface area contributed by atoms with Crippen LogP contribution in [-0.4, -0.2) is 61.3 Å². The largest absolute Gasteiger partial charge is 0.473 e. The van der Waals surface area contributed by atoms with Crippen molar-refractivity contribution in [3.8, 4) is 0 Å². The molecule has 0 atom stereocenters. The molecule has 11 nitrogen and oxygen atoms in total. The van der Waals surface area contributed by atoms with Crippen molar-refractivity contribution in [3.63, 3.8) is 0 Å². The molecule has 0 spiro atoms. The lowest BCUT2D eigenvalue weighted by molar-refractivity contribution is -0.159. The highest BCUT2D eigenvalue weighted by Gasteiger charge is 2.07. The lowest BCUT2D eigenvalue weighted by atomic mass is 10.3. The summed E-state index contributed by atoms with van der Waals surface area (Å²) >= 11 is 0. The topological polar surface area (TPSA) is 196 Å². The molecule has 0 saturated heterocycles. The van der Waals surface area contributed by atoms with Crippen LogP contribution in [-0.2, 0) is 24.4 Å². The van der Waals surface area contributed by atoms with E-state index in [0.717, 1.165) is 0 Å². The number of nitrogens with one attached hydrogen (secondary N) is 2. The predicted molar refractivity (Wildman–Crippen MR) is 86.3 cm³/mol. The number of anilines is 1. The van der Waals surface area contributed by atoms with Crippen molar-refractivity contribution in [1.29, 1.82) is 0 Å². The zero-order valence-corrected chi connectivity index (χ0v) is 13.8. The van der Waals surface area contributed by atoms with Crippen LogP contribution in [0.3, 0.4) is 0 Å². The Hall–Kier alpha value is -2.54. The van der Waals surface area contributed by atoms with Gasteiger partial charge in [0.1, 0.15) is 0 Å². The number of sulfonamides is 1. The first-order valence-electron chi connectivity index (χ1n) is 6.78. The molecule has 0 heterocycles. The standard InChI is InChI=1S/C11H17N3O4S.C2H2O4/c12-19(17,18)10-4-2-9(3-5-10)14-11(16)8-13-6-1-7-15;3-1(4)2(5)6/h2-5,13,15H,1,6-8H2,(H,14,16)(H2,12,17,18);(H,3,4)(H,5,6). The number of rotatable bonds is 7. The van der Waals surface area contributed by atoms with Crippen molar-refractivity contribution in [3.05, 3.63) is 24.3 Å². The minimum absolute atomic E-state index is 0.00781. The second-order valence-corrected chi connectivity index (χ2v) is 6.04. The summed E-state index contributed by atoms with van der Waals surface area (Å²) in [6, 6.07) is 5.57. The third-order valence-electron chi connectivity index (χ3n) is 2.45. The van der Waals surface area contributed by atoms with Gasteiger partial charge in [-0.1, -0.05) is 0 Å². The molecule has 0 bridgehead atoms. The number of nitrogens with two attached hydrogens (primary N) is 1. The summed E-state index contributed by atoms with van der Waals surface area (Å²) in [5.41, 5.74) is 0.487. The van der Waals surface area contributed by atoms with E-state index in [9.17, 15) is 13.2 Å². The predicted octanol–water partition coefficient (Wildman–Crippen LogP) is -1.60. The number of benzene rings is 1. The fourth-order valence-electron chi connectivity index (χ4n) is 1.34. The zero-order valence-electron chi connectivity index (χ0n) is 13.0. The molecule has 1 aromatic carbocycles. The normalized spacial score (nSPS) is 10.3. The van der Waals surface area contributed by atoms with Crippen molar-refractivity contribution in [2.45, 2.75) is 11.3 Å². The Kier molecular flexibility index (Phi) is 9.96. The Morgan fingerprint density at radius 1 is 1.04 bits per heavy atom. The Labute approximate surface area is 143 Å². The van der Waals surface area contributed by atoms with E-state index in [1.807, 2.05) is 0 Å². The SMILES string of the molecule is NS(=O)(=O)c1ccc(NC(=O)CNCCCO)cc1.O=C(O)C(=O)O. The van der Waals surface area contributed by atoms with Gasteiger partial charge in [0.25, 0.3) is 0 Å². The molecule has 0 radical (unpaired) electrons. The van der Waals surface area contributed by atoms with Crippen LogP contribution in [0.15, 0.2) is 29.2 Å². The molecule has 140 valence electrons. The number of hydrogen-bond acceptors (Lipinski definition) is 7. The molecule has 0 aliphatic heterocycles. The third-order valence-corrected chi connectivity index (χ3v) is 3.38. The van der Waals surface area contributed by atoms with Gasteiger partial charge in [-0.2, -0.15) is 0 Å². The zero-order chi connectivity index (χ0) is 19.5. The first kappa shape index (κ1) is 22.5. The lowest BCUT2D eigenvalue weighted by Crippen LogP contribution is -2.29. The van der Waals surface area contributed by atoms with E-state index in [2.05, 4.69) is 10.6 Å². The second kappa shape index (κ2) is 11.1. The minimum atomic E-state index is -3.72. The van der Waals surface area contributed by atoms with Crippen LogP contribution in [0.1, 0.15) is 6.42 Å². The molecule has 7 N–H and O–H groups in total. The van der Waals surface area contributed by atoms with Gasteiger partial charge in [0.15, 0.2) is 0 Å². The Morgan fingerprint density at radius 2 is 1.56 bits per heavy atom. The third kappa shape index (κ3) is 10.8. The molecule has 12 heteroatoms. The maximum Gasteiger partial charge on any atom is 0.414 e. The Morgan fingerprint density at radius 3 is 1.96 bits per heavy atom. The van der Waals surface area contributed by atoms with Crippen LogP contribution in [0.4, 0.5) is 5.69 Å². The highest BCUT2D eigenvalue weighted by Crippen LogP contribution is 2.12. The van der Waals surface area contributed by atoms with Crippen molar-refractivity contribution in [2.24, 2.45) is 5.14 Å². The molecular formula is C13H19N3O8S. The number of carboxylic acid groups (broad SMARTS) is 2. The monoisotopic (exact) mass is 377 g/mol. The van der Waals surface area contributed by atoms with Crippen molar-refractivity contribution in [1.82, 2.24) is 5.32 Å². The van der Waals surface area contributed by atoms with Crippen LogP contribution >= 0.6 is 0 Å². The molecule has 1 rings (SSSR count). The number of primary sulfonamides is 1. The number of amides is 1. The van der Waals surface area contributed by atoms with Crippen molar-refractivity contribution < 1.29 is 38.1 Å². The van der Waals surface area contributed by atoms with Crippen LogP contribution in [0.5, 0.6) is 0 Å². The number of aliphatic hydroxyl groups excluding tert-OH is 1. The summed E-state index contributed by atoms with van der Waals surface area (Å²) in [5, 5.41) is 33.7. The molecule has 0 aromatic heterocycles.